The highest BCUT2D eigenvalue weighted by Crippen LogP contribution is 2.46. The second-order valence-corrected chi connectivity index (χ2v) is 5.52. The molecule has 5 heteroatoms. The van der Waals surface area contributed by atoms with Gasteiger partial charge in [0.2, 0.25) is 0 Å². The summed E-state index contributed by atoms with van der Waals surface area (Å²) in [5, 5.41) is 10.2. The molecular weight excluding hydrogens is 310 g/mol. The molecule has 0 saturated heterocycles. The second-order valence-electron chi connectivity index (χ2n) is 4.29. The highest BCUT2D eigenvalue weighted by atomic mass is 79.9. The summed E-state index contributed by atoms with van der Waals surface area (Å²) in [6.45, 7) is 0. The van der Waals surface area contributed by atoms with Crippen molar-refractivity contribution in [1.82, 2.24) is 0 Å². The molecule has 0 amide bonds. The first kappa shape index (κ1) is 13.3. The van der Waals surface area contributed by atoms with E-state index in [1.807, 2.05) is 0 Å². The molecule has 0 aromatic heterocycles. The molecule has 1 unspecified atom stereocenters. The van der Waals surface area contributed by atoms with Crippen LogP contribution < -0.4 is 0 Å². The summed E-state index contributed by atoms with van der Waals surface area (Å²) in [7, 11) is 1.54. The number of rotatable bonds is 3. The maximum atomic E-state index is 14.0. The topological polar surface area (TPSA) is 29.5 Å². The Balaban J connectivity index is 2.37. The summed E-state index contributed by atoms with van der Waals surface area (Å²) in [5.74, 6) is -0.586. The second kappa shape index (κ2) is 4.84. The third-order valence-corrected chi connectivity index (χ3v) is 4.72. The Bertz CT molecular complexity index is 429. The Labute approximate surface area is 113 Å². The normalized spacial score (nSPS) is 19.8. The Morgan fingerprint density at radius 2 is 2.18 bits per heavy atom. The molecule has 1 aromatic rings. The van der Waals surface area contributed by atoms with E-state index >= 15 is 0 Å². The fourth-order valence-electron chi connectivity index (χ4n) is 2.15. The van der Waals surface area contributed by atoms with Crippen molar-refractivity contribution >= 4 is 27.5 Å². The van der Waals surface area contributed by atoms with Gasteiger partial charge in [0.25, 0.3) is 0 Å². The molecule has 1 fully saturated rings. The van der Waals surface area contributed by atoms with Crippen LogP contribution in [0.25, 0.3) is 0 Å². The highest BCUT2D eigenvalue weighted by molar-refractivity contribution is 9.10. The van der Waals surface area contributed by atoms with Gasteiger partial charge in [-0.2, -0.15) is 0 Å². The van der Waals surface area contributed by atoms with Gasteiger partial charge in [0.05, 0.1) is 10.6 Å². The van der Waals surface area contributed by atoms with Gasteiger partial charge < -0.3 is 9.84 Å². The lowest BCUT2D eigenvalue weighted by Crippen LogP contribution is -2.45. The minimum Gasteiger partial charge on any atom is -0.385 e. The molecule has 0 radical (unpaired) electrons. The zero-order chi connectivity index (χ0) is 12.6. The van der Waals surface area contributed by atoms with E-state index in [0.29, 0.717) is 4.47 Å². The lowest BCUT2D eigenvalue weighted by Gasteiger charge is -2.44. The maximum absolute atomic E-state index is 14.0. The Kier molecular flexibility index (Phi) is 3.78. The van der Waals surface area contributed by atoms with Gasteiger partial charge in [0.1, 0.15) is 11.9 Å². The van der Waals surface area contributed by atoms with Gasteiger partial charge >= 0.3 is 0 Å². The summed E-state index contributed by atoms with van der Waals surface area (Å²) in [6.07, 6.45) is 1.47. The molecule has 1 N–H and O–H groups in total. The monoisotopic (exact) mass is 322 g/mol. The molecule has 94 valence electrons. The van der Waals surface area contributed by atoms with Crippen LogP contribution >= 0.6 is 27.5 Å². The molecule has 17 heavy (non-hydrogen) atoms. The number of aliphatic hydroxyl groups excluding tert-OH is 1. The summed E-state index contributed by atoms with van der Waals surface area (Å²) in [4.78, 5) is 0. The fraction of sp³-hybridized carbons (Fsp3) is 0.500. The Hall–Kier alpha value is -0.160. The number of benzene rings is 1. The number of methoxy groups -OCH3 is 1. The van der Waals surface area contributed by atoms with Crippen molar-refractivity contribution in [2.75, 3.05) is 7.11 Å². The first-order chi connectivity index (χ1) is 8.02. The molecule has 1 aliphatic rings. The molecule has 0 bridgehead atoms. The summed E-state index contributed by atoms with van der Waals surface area (Å²) < 4.78 is 19.8. The van der Waals surface area contributed by atoms with E-state index in [9.17, 15) is 9.50 Å². The van der Waals surface area contributed by atoms with Crippen LogP contribution in [-0.4, -0.2) is 17.8 Å². The van der Waals surface area contributed by atoms with E-state index in [0.717, 1.165) is 19.3 Å². The Morgan fingerprint density at radius 3 is 2.65 bits per heavy atom. The zero-order valence-corrected chi connectivity index (χ0v) is 11.7. The highest BCUT2D eigenvalue weighted by Gasteiger charge is 2.45. The average Bonchev–Trinajstić information content (AvgIpc) is 2.25. The molecule has 1 atom stereocenters. The fourth-order valence-corrected chi connectivity index (χ4v) is 2.63. The van der Waals surface area contributed by atoms with Crippen LogP contribution in [0, 0.1) is 5.82 Å². The summed E-state index contributed by atoms with van der Waals surface area (Å²) in [5.41, 5.74) is -0.461. The van der Waals surface area contributed by atoms with Crippen LogP contribution in [0.15, 0.2) is 16.6 Å². The summed E-state index contributed by atoms with van der Waals surface area (Å²) in [6, 6.07) is 3.17. The van der Waals surface area contributed by atoms with Gasteiger partial charge in [0.15, 0.2) is 0 Å². The molecular formula is C12H13BrClFO2. The molecule has 1 saturated carbocycles. The molecule has 1 aliphatic carbocycles. The Morgan fingerprint density at radius 1 is 1.53 bits per heavy atom. The van der Waals surface area contributed by atoms with E-state index in [-0.39, 0.29) is 10.6 Å². The molecule has 2 nitrogen and oxygen atoms in total. The zero-order valence-electron chi connectivity index (χ0n) is 9.34. The van der Waals surface area contributed by atoms with Crippen molar-refractivity contribution < 1.29 is 14.2 Å². The number of hydrogen-bond donors (Lipinski definition) is 1. The lowest BCUT2D eigenvalue weighted by atomic mass is 9.73. The molecule has 0 heterocycles. The smallest absolute Gasteiger partial charge is 0.148 e. The quantitative estimate of drug-likeness (QED) is 0.856. The number of hydrogen-bond acceptors (Lipinski definition) is 2. The third kappa shape index (κ3) is 2.12. The largest absolute Gasteiger partial charge is 0.385 e. The number of aliphatic hydroxyl groups is 1. The van der Waals surface area contributed by atoms with Crippen LogP contribution in [0.5, 0.6) is 0 Å². The molecule has 0 aliphatic heterocycles. The van der Waals surface area contributed by atoms with Crippen LogP contribution in [0.3, 0.4) is 0 Å². The minimum atomic E-state index is -0.980. The van der Waals surface area contributed by atoms with Gasteiger partial charge in [-0.1, -0.05) is 17.7 Å². The standard InChI is InChI=1S/C12H13BrClFO2/c1-17-12(5-2-6-12)11(16)7-3-4-8(13)9(14)10(7)15/h3-4,11,16H,2,5-6H2,1H3. The third-order valence-electron chi connectivity index (χ3n) is 3.46. The SMILES string of the molecule is COC1(C(O)c2ccc(Br)c(Cl)c2F)CCC1. The first-order valence-electron chi connectivity index (χ1n) is 5.38. The van der Waals surface area contributed by atoms with E-state index < -0.39 is 17.5 Å². The predicted octanol–water partition coefficient (Wildman–Crippen LogP) is 3.84. The minimum absolute atomic E-state index is 0.00729. The maximum Gasteiger partial charge on any atom is 0.148 e. The lowest BCUT2D eigenvalue weighted by molar-refractivity contribution is -0.152. The van der Waals surface area contributed by atoms with Crippen molar-refractivity contribution in [2.24, 2.45) is 0 Å². The van der Waals surface area contributed by atoms with E-state index in [2.05, 4.69) is 15.9 Å². The number of halogens is 3. The van der Waals surface area contributed by atoms with Gasteiger partial charge in [-0.15, -0.1) is 0 Å². The molecule has 1 aromatic carbocycles. The van der Waals surface area contributed by atoms with Crippen LogP contribution in [0.1, 0.15) is 30.9 Å². The van der Waals surface area contributed by atoms with Gasteiger partial charge in [0, 0.05) is 17.1 Å². The summed E-state index contributed by atoms with van der Waals surface area (Å²) >= 11 is 8.95. The van der Waals surface area contributed by atoms with Crippen molar-refractivity contribution in [1.29, 1.82) is 0 Å². The van der Waals surface area contributed by atoms with Crippen LogP contribution in [-0.2, 0) is 4.74 Å². The van der Waals surface area contributed by atoms with Crippen molar-refractivity contribution in [2.45, 2.75) is 31.0 Å². The van der Waals surface area contributed by atoms with E-state index in [1.54, 1.807) is 13.2 Å². The first-order valence-corrected chi connectivity index (χ1v) is 6.55. The molecule has 0 spiro atoms. The van der Waals surface area contributed by atoms with Gasteiger partial charge in [-0.05, 0) is 41.3 Å². The number of ether oxygens (including phenoxy) is 1. The van der Waals surface area contributed by atoms with Crippen molar-refractivity contribution in [3.8, 4) is 0 Å². The van der Waals surface area contributed by atoms with Gasteiger partial charge in [-0.25, -0.2) is 4.39 Å². The predicted molar refractivity (Wildman–Crippen MR) is 67.7 cm³/mol. The van der Waals surface area contributed by atoms with E-state index in [4.69, 9.17) is 16.3 Å². The van der Waals surface area contributed by atoms with Crippen molar-refractivity contribution in [3.63, 3.8) is 0 Å². The van der Waals surface area contributed by atoms with Crippen LogP contribution in [0.2, 0.25) is 5.02 Å². The average molecular weight is 324 g/mol. The van der Waals surface area contributed by atoms with Gasteiger partial charge in [-0.3, -0.25) is 0 Å². The molecule has 2 rings (SSSR count). The van der Waals surface area contributed by atoms with Crippen molar-refractivity contribution in [3.05, 3.63) is 33.0 Å². The van der Waals surface area contributed by atoms with Crippen LogP contribution in [0.4, 0.5) is 4.39 Å². The van der Waals surface area contributed by atoms with E-state index in [1.165, 1.54) is 6.07 Å².